The highest BCUT2D eigenvalue weighted by molar-refractivity contribution is 8.02. The molecule has 1 aliphatic carbocycles. The van der Waals surface area contributed by atoms with Gasteiger partial charge in [-0.2, -0.15) is 0 Å². The Labute approximate surface area is 171 Å². The fraction of sp³-hybridized carbons (Fsp3) is 0.200. The predicted octanol–water partition coefficient (Wildman–Crippen LogP) is 2.54. The molecule has 0 bridgehead atoms. The van der Waals surface area contributed by atoms with Gasteiger partial charge in [-0.25, -0.2) is 9.97 Å². The van der Waals surface area contributed by atoms with E-state index >= 15 is 0 Å². The normalized spacial score (nSPS) is 21.7. The van der Waals surface area contributed by atoms with Gasteiger partial charge in [0, 0.05) is 57.5 Å². The van der Waals surface area contributed by atoms with E-state index in [9.17, 15) is 10.1 Å². The molecule has 1 aliphatic rings. The number of thioether (sulfide) groups is 1. The minimum absolute atomic E-state index is 0.0137. The van der Waals surface area contributed by atoms with Gasteiger partial charge in [-0.1, -0.05) is 18.2 Å². The van der Waals surface area contributed by atoms with Crippen LogP contribution in [-0.2, 0) is 12.6 Å². The molecule has 9 heteroatoms. The molecular formula is C20H20N6O2S. The van der Waals surface area contributed by atoms with Crippen LogP contribution in [0.5, 0.6) is 0 Å². The van der Waals surface area contributed by atoms with Crippen LogP contribution in [0, 0.1) is 10.1 Å². The summed E-state index contributed by atoms with van der Waals surface area (Å²) in [6, 6.07) is 8.70. The van der Waals surface area contributed by atoms with Crippen molar-refractivity contribution in [2.75, 3.05) is 6.26 Å². The van der Waals surface area contributed by atoms with Gasteiger partial charge in [0.2, 0.25) is 5.82 Å². The molecule has 3 aromatic rings. The van der Waals surface area contributed by atoms with Crippen molar-refractivity contribution in [1.29, 1.82) is 0 Å². The van der Waals surface area contributed by atoms with Gasteiger partial charge in [-0.05, 0) is 24.5 Å². The number of benzene rings is 1. The molecule has 2 atom stereocenters. The Kier molecular flexibility index (Phi) is 4.64. The second-order valence-corrected chi connectivity index (χ2v) is 7.73. The van der Waals surface area contributed by atoms with Crippen molar-refractivity contribution in [3.8, 4) is 11.3 Å². The molecule has 1 aromatic carbocycles. The van der Waals surface area contributed by atoms with Gasteiger partial charge < -0.3 is 16.0 Å². The zero-order chi connectivity index (χ0) is 20.8. The topological polar surface area (TPSA) is 126 Å². The van der Waals surface area contributed by atoms with Crippen molar-refractivity contribution in [3.63, 3.8) is 0 Å². The minimum atomic E-state index is -1.83. The molecule has 0 radical (unpaired) electrons. The molecule has 0 amide bonds. The van der Waals surface area contributed by atoms with Gasteiger partial charge in [-0.15, -0.1) is 11.8 Å². The summed E-state index contributed by atoms with van der Waals surface area (Å²) >= 11 is 1.39. The molecule has 0 spiro atoms. The Morgan fingerprint density at radius 3 is 2.79 bits per heavy atom. The summed E-state index contributed by atoms with van der Waals surface area (Å²) < 4.78 is 1.99. The first-order valence-electron chi connectivity index (χ1n) is 8.91. The number of nitrogens with zero attached hydrogens (tertiary/aromatic N) is 4. The lowest BCUT2D eigenvalue weighted by Crippen LogP contribution is -2.52. The number of fused-ring (bicyclic) bond motifs is 1. The van der Waals surface area contributed by atoms with E-state index in [4.69, 9.17) is 11.5 Å². The Balaban J connectivity index is 1.90. The number of para-hydroxylation sites is 1. The van der Waals surface area contributed by atoms with Crippen molar-refractivity contribution in [3.05, 3.63) is 81.4 Å². The van der Waals surface area contributed by atoms with Crippen LogP contribution in [0.25, 0.3) is 22.2 Å². The molecule has 0 saturated heterocycles. The van der Waals surface area contributed by atoms with E-state index in [2.05, 4.69) is 9.97 Å². The monoisotopic (exact) mass is 408 g/mol. The minimum Gasteiger partial charge on any atom is -0.398 e. The van der Waals surface area contributed by atoms with Gasteiger partial charge in [0.1, 0.15) is 6.04 Å². The van der Waals surface area contributed by atoms with Crippen molar-refractivity contribution in [2.24, 2.45) is 18.5 Å². The fourth-order valence-corrected chi connectivity index (χ4v) is 4.27. The molecule has 0 fully saturated rings. The van der Waals surface area contributed by atoms with E-state index in [0.29, 0.717) is 16.3 Å². The van der Waals surface area contributed by atoms with Gasteiger partial charge in [0.25, 0.3) is 0 Å². The number of hydrogen-bond acceptors (Lipinski definition) is 7. The van der Waals surface area contributed by atoms with Crippen LogP contribution >= 0.6 is 11.8 Å². The first-order valence-corrected chi connectivity index (χ1v) is 10.1. The maximum Gasteiger partial charge on any atom is 0.319 e. The second-order valence-electron chi connectivity index (χ2n) is 6.88. The Morgan fingerprint density at radius 2 is 2.07 bits per heavy atom. The third-order valence-corrected chi connectivity index (χ3v) is 6.02. The molecule has 2 heterocycles. The number of rotatable bonds is 4. The molecular weight excluding hydrogens is 388 g/mol. The van der Waals surface area contributed by atoms with Crippen LogP contribution in [0.1, 0.15) is 5.82 Å². The molecule has 2 aromatic heterocycles. The average molecular weight is 408 g/mol. The van der Waals surface area contributed by atoms with E-state index in [0.717, 1.165) is 16.5 Å². The van der Waals surface area contributed by atoms with Gasteiger partial charge in [0.15, 0.2) is 0 Å². The van der Waals surface area contributed by atoms with E-state index in [1.54, 1.807) is 12.1 Å². The van der Waals surface area contributed by atoms with Crippen LogP contribution in [0.4, 0.5) is 0 Å². The van der Waals surface area contributed by atoms with Crippen molar-refractivity contribution < 1.29 is 4.92 Å². The lowest BCUT2D eigenvalue weighted by atomic mass is 9.85. The second kappa shape index (κ2) is 7.02. The zero-order valence-corrected chi connectivity index (χ0v) is 16.8. The zero-order valence-electron chi connectivity index (χ0n) is 15.9. The summed E-state index contributed by atoms with van der Waals surface area (Å²) in [7, 11) is 1.95. The van der Waals surface area contributed by atoms with Crippen LogP contribution in [0.3, 0.4) is 0 Å². The van der Waals surface area contributed by atoms with E-state index in [1.165, 1.54) is 24.0 Å². The van der Waals surface area contributed by atoms with E-state index in [1.807, 2.05) is 48.3 Å². The molecule has 148 valence electrons. The summed E-state index contributed by atoms with van der Waals surface area (Å²) in [4.78, 5) is 21.3. The van der Waals surface area contributed by atoms with E-state index < -0.39 is 16.5 Å². The number of aryl methyl sites for hydroxylation is 1. The van der Waals surface area contributed by atoms with Crippen LogP contribution in [0.15, 0.2) is 65.5 Å². The van der Waals surface area contributed by atoms with Gasteiger partial charge in [0.05, 0.1) is 5.69 Å². The smallest absolute Gasteiger partial charge is 0.319 e. The predicted molar refractivity (Wildman–Crippen MR) is 114 cm³/mol. The quantitative estimate of drug-likeness (QED) is 0.502. The highest BCUT2D eigenvalue weighted by Crippen LogP contribution is 2.37. The highest BCUT2D eigenvalue weighted by atomic mass is 32.2. The fourth-order valence-electron chi connectivity index (χ4n) is 3.69. The van der Waals surface area contributed by atoms with Crippen molar-refractivity contribution >= 4 is 22.7 Å². The Morgan fingerprint density at radius 1 is 1.31 bits per heavy atom. The summed E-state index contributed by atoms with van der Waals surface area (Å²) in [5.74, 6) is 0.0137. The molecule has 2 unspecified atom stereocenters. The standard InChI is InChI=1S/C20H20N6O2S/c1-25-11-13(12-5-3-4-6-16(12)25)15-7-8-23-19(24-15)20(26(27)28)10-14(21)17(29-2)9-18(20)22/h3-11,18H,21-22H2,1-2H3. The summed E-state index contributed by atoms with van der Waals surface area (Å²) in [6.45, 7) is 0. The molecule has 29 heavy (non-hydrogen) atoms. The maximum absolute atomic E-state index is 12.2. The third-order valence-electron chi connectivity index (χ3n) is 5.21. The average Bonchev–Trinajstić information content (AvgIpc) is 3.06. The first-order chi connectivity index (χ1) is 13.9. The van der Waals surface area contributed by atoms with Crippen molar-refractivity contribution in [1.82, 2.24) is 14.5 Å². The van der Waals surface area contributed by atoms with Gasteiger partial charge >= 0.3 is 5.54 Å². The summed E-state index contributed by atoms with van der Waals surface area (Å²) in [5.41, 5.74) is 13.3. The maximum atomic E-state index is 12.2. The first kappa shape index (κ1) is 19.2. The molecule has 8 nitrogen and oxygen atoms in total. The summed E-state index contributed by atoms with van der Waals surface area (Å²) in [5, 5.41) is 13.2. The largest absolute Gasteiger partial charge is 0.398 e. The summed E-state index contributed by atoms with van der Waals surface area (Å²) in [6.07, 6.45) is 8.29. The number of nitrogens with two attached hydrogens (primary N) is 2. The Bertz CT molecular complexity index is 1180. The number of hydrogen-bond donors (Lipinski definition) is 2. The van der Waals surface area contributed by atoms with Crippen LogP contribution < -0.4 is 11.5 Å². The van der Waals surface area contributed by atoms with Crippen LogP contribution in [-0.4, -0.2) is 31.8 Å². The highest BCUT2D eigenvalue weighted by Gasteiger charge is 2.53. The molecule has 0 aliphatic heterocycles. The molecule has 0 saturated carbocycles. The Hall–Kier alpha value is -3.17. The molecule has 4 N–H and O–H groups in total. The van der Waals surface area contributed by atoms with E-state index in [-0.39, 0.29) is 5.82 Å². The third kappa shape index (κ3) is 2.90. The molecule has 4 rings (SSSR count). The van der Waals surface area contributed by atoms with Crippen LogP contribution in [0.2, 0.25) is 0 Å². The van der Waals surface area contributed by atoms with Gasteiger partial charge in [-0.3, -0.25) is 10.1 Å². The number of aromatic nitrogens is 3. The number of nitro groups is 1. The SMILES string of the molecule is CSC1=CC(N)C(c2nccc(-c3cn(C)c4ccccc34)n2)([N+](=O)[O-])C=C1N. The lowest BCUT2D eigenvalue weighted by molar-refractivity contribution is -0.567. The van der Waals surface area contributed by atoms with Crippen molar-refractivity contribution in [2.45, 2.75) is 11.6 Å². The lowest BCUT2D eigenvalue weighted by Gasteiger charge is -2.29.